The minimum Gasteiger partial charge on any atom is -0.354 e. The Labute approximate surface area is 162 Å². The van der Waals surface area contributed by atoms with Crippen LogP contribution in [-0.2, 0) is 0 Å². The molecular formula is C21H18ClN3O2. The Kier molecular flexibility index (Phi) is 5.52. The number of halogens is 1. The van der Waals surface area contributed by atoms with Crippen LogP contribution < -0.4 is 10.6 Å². The molecular weight excluding hydrogens is 362 g/mol. The minimum absolute atomic E-state index is 0.0208. The summed E-state index contributed by atoms with van der Waals surface area (Å²) in [5.41, 5.74) is 4.17. The lowest BCUT2D eigenvalue weighted by Crippen LogP contribution is -2.13. The Morgan fingerprint density at radius 2 is 1.67 bits per heavy atom. The summed E-state index contributed by atoms with van der Waals surface area (Å²) in [6.07, 6.45) is 1.59. The first-order valence-electron chi connectivity index (χ1n) is 8.34. The molecule has 0 bridgehead atoms. The highest BCUT2D eigenvalue weighted by atomic mass is 35.5. The molecule has 0 saturated heterocycles. The van der Waals surface area contributed by atoms with Crippen LogP contribution in [0, 0.1) is 6.92 Å². The normalized spacial score (nSPS) is 10.3. The maximum absolute atomic E-state index is 12.3. The van der Waals surface area contributed by atoms with Crippen molar-refractivity contribution in [3.05, 3.63) is 82.6 Å². The number of ketones is 1. The highest BCUT2D eigenvalue weighted by Gasteiger charge is 2.09. The summed E-state index contributed by atoms with van der Waals surface area (Å²) in [6, 6.07) is 15.7. The molecule has 0 unspecified atom stereocenters. The maximum atomic E-state index is 12.3. The van der Waals surface area contributed by atoms with Crippen molar-refractivity contribution in [3.63, 3.8) is 0 Å². The first-order valence-corrected chi connectivity index (χ1v) is 8.72. The fourth-order valence-electron chi connectivity index (χ4n) is 2.47. The summed E-state index contributed by atoms with van der Waals surface area (Å²) in [5, 5.41) is 6.64. The number of pyridine rings is 1. The molecule has 0 aliphatic carbocycles. The molecule has 1 heterocycles. The van der Waals surface area contributed by atoms with Crippen molar-refractivity contribution in [2.24, 2.45) is 0 Å². The van der Waals surface area contributed by atoms with Crippen molar-refractivity contribution < 1.29 is 9.59 Å². The molecule has 0 fully saturated rings. The lowest BCUT2D eigenvalue weighted by atomic mass is 10.1. The van der Waals surface area contributed by atoms with Gasteiger partial charge >= 0.3 is 0 Å². The third-order valence-electron chi connectivity index (χ3n) is 4.02. The van der Waals surface area contributed by atoms with Gasteiger partial charge in [0.1, 0.15) is 5.69 Å². The SMILES string of the molecule is CC(=O)c1ccc(NC(=O)c2ccc(Nc3cc(Cl)ccc3C)cn2)cc1. The molecule has 136 valence electrons. The summed E-state index contributed by atoms with van der Waals surface area (Å²) >= 11 is 6.03. The van der Waals surface area contributed by atoms with E-state index in [1.54, 1.807) is 42.6 Å². The Balaban J connectivity index is 1.68. The Morgan fingerprint density at radius 3 is 2.30 bits per heavy atom. The largest absolute Gasteiger partial charge is 0.354 e. The van der Waals surface area contributed by atoms with Crippen LogP contribution in [0.25, 0.3) is 0 Å². The predicted molar refractivity (Wildman–Crippen MR) is 108 cm³/mol. The van der Waals surface area contributed by atoms with Crippen molar-refractivity contribution in [1.82, 2.24) is 4.98 Å². The van der Waals surface area contributed by atoms with Crippen LogP contribution in [0.5, 0.6) is 0 Å². The van der Waals surface area contributed by atoms with Gasteiger partial charge in [-0.05, 0) is 67.9 Å². The molecule has 3 aromatic rings. The standard InChI is InChI=1S/C21H18ClN3O2/c1-13-3-6-16(22)11-20(13)24-18-9-10-19(23-12-18)21(27)25-17-7-4-15(5-8-17)14(2)26/h3-12,24H,1-2H3,(H,25,27). The fraction of sp³-hybridized carbons (Fsp3) is 0.0952. The number of amides is 1. The van der Waals surface area contributed by atoms with Crippen LogP contribution >= 0.6 is 11.6 Å². The highest BCUT2D eigenvalue weighted by Crippen LogP contribution is 2.24. The van der Waals surface area contributed by atoms with Gasteiger partial charge in [-0.15, -0.1) is 0 Å². The predicted octanol–water partition coefficient (Wildman–Crippen LogP) is 5.24. The average molecular weight is 380 g/mol. The van der Waals surface area contributed by atoms with Crippen LogP contribution in [0.4, 0.5) is 17.1 Å². The molecule has 2 N–H and O–H groups in total. The number of nitrogens with one attached hydrogen (secondary N) is 2. The molecule has 2 aromatic carbocycles. The molecule has 1 amide bonds. The van der Waals surface area contributed by atoms with Gasteiger partial charge in [0.15, 0.2) is 5.78 Å². The monoisotopic (exact) mass is 379 g/mol. The van der Waals surface area contributed by atoms with E-state index < -0.39 is 0 Å². The number of aromatic nitrogens is 1. The van der Waals surface area contributed by atoms with Gasteiger partial charge < -0.3 is 10.6 Å². The lowest BCUT2D eigenvalue weighted by molar-refractivity contribution is 0.101. The molecule has 3 rings (SSSR count). The second-order valence-corrected chi connectivity index (χ2v) is 6.54. The third-order valence-corrected chi connectivity index (χ3v) is 4.26. The first-order chi connectivity index (χ1) is 12.9. The molecule has 6 heteroatoms. The van der Waals surface area contributed by atoms with E-state index in [0.29, 0.717) is 22.0 Å². The summed E-state index contributed by atoms with van der Waals surface area (Å²) in [6.45, 7) is 3.48. The van der Waals surface area contributed by atoms with Gasteiger partial charge in [0.2, 0.25) is 0 Å². The second kappa shape index (κ2) is 8.01. The lowest BCUT2D eigenvalue weighted by Gasteiger charge is -2.10. The zero-order valence-corrected chi connectivity index (χ0v) is 15.7. The maximum Gasteiger partial charge on any atom is 0.274 e. The van der Waals surface area contributed by atoms with Crippen LogP contribution in [0.2, 0.25) is 5.02 Å². The molecule has 0 spiro atoms. The molecule has 0 saturated carbocycles. The van der Waals surface area contributed by atoms with Gasteiger partial charge in [0.25, 0.3) is 5.91 Å². The number of Topliss-reactive ketones (excluding diaryl/α,β-unsaturated/α-hetero) is 1. The quantitative estimate of drug-likeness (QED) is 0.594. The Bertz CT molecular complexity index is 983. The molecule has 1 aromatic heterocycles. The number of rotatable bonds is 5. The summed E-state index contributed by atoms with van der Waals surface area (Å²) < 4.78 is 0. The molecule has 0 aliphatic rings. The number of hydrogen-bond donors (Lipinski definition) is 2. The van der Waals surface area contributed by atoms with Crippen molar-refractivity contribution in [2.45, 2.75) is 13.8 Å². The van der Waals surface area contributed by atoms with Crippen molar-refractivity contribution in [1.29, 1.82) is 0 Å². The van der Waals surface area contributed by atoms with Crippen molar-refractivity contribution >= 4 is 40.4 Å². The number of aryl methyl sites for hydroxylation is 1. The van der Waals surface area contributed by atoms with Crippen molar-refractivity contribution in [2.75, 3.05) is 10.6 Å². The molecule has 0 aliphatic heterocycles. The van der Waals surface area contributed by atoms with E-state index in [1.807, 2.05) is 25.1 Å². The van der Waals surface area contributed by atoms with Gasteiger partial charge in [0.05, 0.1) is 11.9 Å². The molecule has 5 nitrogen and oxygen atoms in total. The number of anilines is 3. The number of hydrogen-bond acceptors (Lipinski definition) is 4. The number of carbonyl (C=O) groups is 2. The van der Waals surface area contributed by atoms with Gasteiger partial charge in [-0.25, -0.2) is 4.98 Å². The summed E-state index contributed by atoms with van der Waals surface area (Å²) in [5.74, 6) is -0.344. The van der Waals surface area contributed by atoms with E-state index in [2.05, 4.69) is 15.6 Å². The molecule has 0 atom stereocenters. The zero-order valence-electron chi connectivity index (χ0n) is 14.9. The van der Waals surface area contributed by atoms with Gasteiger partial charge in [-0.3, -0.25) is 9.59 Å². The van der Waals surface area contributed by atoms with Crippen molar-refractivity contribution in [3.8, 4) is 0 Å². The van der Waals surface area contributed by atoms with Gasteiger partial charge in [-0.1, -0.05) is 17.7 Å². The van der Waals surface area contributed by atoms with Gasteiger partial charge in [-0.2, -0.15) is 0 Å². The fourth-order valence-corrected chi connectivity index (χ4v) is 2.64. The van der Waals surface area contributed by atoms with Crippen LogP contribution in [0.15, 0.2) is 60.8 Å². The second-order valence-electron chi connectivity index (χ2n) is 6.10. The first kappa shape index (κ1) is 18.6. The van der Waals surface area contributed by atoms with Crippen LogP contribution in [0.3, 0.4) is 0 Å². The zero-order chi connectivity index (χ0) is 19.4. The molecule has 27 heavy (non-hydrogen) atoms. The van der Waals surface area contributed by atoms with E-state index in [0.717, 1.165) is 16.9 Å². The molecule has 0 radical (unpaired) electrons. The van der Waals surface area contributed by atoms with Crippen LogP contribution in [0.1, 0.15) is 33.3 Å². The smallest absolute Gasteiger partial charge is 0.274 e. The van der Waals surface area contributed by atoms with E-state index >= 15 is 0 Å². The third kappa shape index (κ3) is 4.71. The minimum atomic E-state index is -0.323. The van der Waals surface area contributed by atoms with E-state index in [-0.39, 0.29) is 11.7 Å². The average Bonchev–Trinajstić information content (AvgIpc) is 2.65. The van der Waals surface area contributed by atoms with Crippen LogP contribution in [-0.4, -0.2) is 16.7 Å². The van der Waals surface area contributed by atoms with E-state index in [4.69, 9.17) is 11.6 Å². The van der Waals surface area contributed by atoms with E-state index in [1.165, 1.54) is 6.92 Å². The highest BCUT2D eigenvalue weighted by molar-refractivity contribution is 6.30. The Hall–Kier alpha value is -3.18. The number of carbonyl (C=O) groups excluding carboxylic acids is 2. The number of benzene rings is 2. The summed E-state index contributed by atoms with van der Waals surface area (Å²) in [7, 11) is 0. The van der Waals surface area contributed by atoms with Gasteiger partial charge in [0, 0.05) is 22.0 Å². The topological polar surface area (TPSA) is 71.1 Å². The Morgan fingerprint density at radius 1 is 0.963 bits per heavy atom. The number of nitrogens with zero attached hydrogens (tertiary/aromatic N) is 1. The van der Waals surface area contributed by atoms with E-state index in [9.17, 15) is 9.59 Å². The summed E-state index contributed by atoms with van der Waals surface area (Å²) in [4.78, 5) is 27.8.